The molecule has 2 aromatic rings. The van der Waals surface area contributed by atoms with Crippen LogP contribution in [-0.4, -0.2) is 33.7 Å². The van der Waals surface area contributed by atoms with E-state index in [1.165, 1.54) is 24.3 Å². The van der Waals surface area contributed by atoms with Gasteiger partial charge in [-0.15, -0.1) is 6.58 Å². The van der Waals surface area contributed by atoms with E-state index >= 15 is 0 Å². The van der Waals surface area contributed by atoms with Gasteiger partial charge in [-0.25, -0.2) is 9.18 Å². The highest BCUT2D eigenvalue weighted by Gasteiger charge is 2.52. The molecule has 1 aliphatic rings. The lowest BCUT2D eigenvalue weighted by atomic mass is 9.84. The zero-order valence-corrected chi connectivity index (χ0v) is 18.2. The molecule has 0 radical (unpaired) electrons. The van der Waals surface area contributed by atoms with Crippen LogP contribution in [0.1, 0.15) is 53.5 Å². The van der Waals surface area contributed by atoms with Gasteiger partial charge in [-0.2, -0.15) is 0 Å². The molecule has 6 nitrogen and oxygen atoms in total. The molecule has 3 rings (SSSR count). The number of imide groups is 1. The van der Waals surface area contributed by atoms with E-state index in [9.17, 15) is 18.8 Å². The summed E-state index contributed by atoms with van der Waals surface area (Å²) in [6.45, 7) is 9.67. The highest BCUT2D eigenvalue weighted by atomic mass is 19.1. The fraction of sp³-hybridized carbons (Fsp3) is 0.375. The van der Waals surface area contributed by atoms with Gasteiger partial charge in [-0.05, 0) is 44.0 Å². The first kappa shape index (κ1) is 22.5. The summed E-state index contributed by atoms with van der Waals surface area (Å²) >= 11 is 0. The number of aromatic nitrogens is 1. The molecule has 0 saturated carbocycles. The van der Waals surface area contributed by atoms with Crippen LogP contribution in [0.4, 0.5) is 9.18 Å². The average Bonchev–Trinajstić information content (AvgIpc) is 3.16. The Morgan fingerprint density at radius 2 is 1.90 bits per heavy atom. The largest absolute Gasteiger partial charge is 0.345 e. The number of allylic oxidation sites excluding steroid dienone is 1. The number of carbonyl (C=O) groups excluding carboxylic acids is 3. The summed E-state index contributed by atoms with van der Waals surface area (Å²) in [5, 5.41) is 2.79. The fourth-order valence-electron chi connectivity index (χ4n) is 4.18. The minimum Gasteiger partial charge on any atom is -0.345 e. The quantitative estimate of drug-likeness (QED) is 0.371. The summed E-state index contributed by atoms with van der Waals surface area (Å²) in [6, 6.07) is 6.72. The third-order valence-corrected chi connectivity index (χ3v) is 5.91. The fourth-order valence-corrected chi connectivity index (χ4v) is 4.18. The number of halogens is 1. The lowest BCUT2D eigenvalue weighted by molar-refractivity contribution is -0.131. The minimum atomic E-state index is -1.29. The standard InChI is InChI=1S/C24H28FN3O3/c1-5-7-12-24(18-8-10-19(25)11-9-18)22(30)28(23(31)26-24)15-21(29)20-14-16(3)27(13-6-2)17(20)4/h6,8-11,14H,2,5,7,12-13,15H2,1,3-4H3,(H,26,31)/t24-/m0/s1. The Kier molecular flexibility index (Phi) is 6.43. The molecular weight excluding hydrogens is 397 g/mol. The molecule has 1 aliphatic heterocycles. The molecule has 0 unspecified atom stereocenters. The Bertz CT molecular complexity index is 1030. The Morgan fingerprint density at radius 3 is 2.52 bits per heavy atom. The zero-order valence-electron chi connectivity index (χ0n) is 18.2. The number of amides is 3. The molecule has 7 heteroatoms. The second-order valence-corrected chi connectivity index (χ2v) is 7.94. The Hall–Kier alpha value is -3.22. The molecule has 3 amide bonds. The first-order chi connectivity index (χ1) is 14.7. The smallest absolute Gasteiger partial charge is 0.325 e. The summed E-state index contributed by atoms with van der Waals surface area (Å²) in [5.74, 6) is -1.21. The molecule has 0 aliphatic carbocycles. The first-order valence-electron chi connectivity index (χ1n) is 10.5. The van der Waals surface area contributed by atoms with Gasteiger partial charge in [0, 0.05) is 23.5 Å². The number of hydrogen-bond donors (Lipinski definition) is 1. The number of urea groups is 1. The van der Waals surface area contributed by atoms with Crippen LogP contribution in [0.3, 0.4) is 0 Å². The maximum atomic E-state index is 13.5. The molecule has 0 bridgehead atoms. The number of aryl methyl sites for hydroxylation is 1. The molecule has 1 atom stereocenters. The van der Waals surface area contributed by atoms with Gasteiger partial charge in [-0.3, -0.25) is 14.5 Å². The number of carbonyl (C=O) groups is 3. The molecule has 1 fully saturated rings. The Balaban J connectivity index is 1.91. The number of benzene rings is 1. The van der Waals surface area contributed by atoms with Crippen molar-refractivity contribution in [3.05, 3.63) is 71.3 Å². The predicted molar refractivity (Wildman–Crippen MR) is 116 cm³/mol. The maximum Gasteiger partial charge on any atom is 0.325 e. The minimum absolute atomic E-state index is 0.308. The van der Waals surface area contributed by atoms with E-state index in [1.54, 1.807) is 12.1 Å². The van der Waals surface area contributed by atoms with E-state index in [0.29, 0.717) is 30.5 Å². The molecule has 2 heterocycles. The van der Waals surface area contributed by atoms with Crippen LogP contribution >= 0.6 is 0 Å². The Labute approximate surface area is 181 Å². The van der Waals surface area contributed by atoms with Gasteiger partial charge in [0.2, 0.25) is 0 Å². The summed E-state index contributed by atoms with van der Waals surface area (Å²) in [5.41, 5.74) is 1.38. The number of ketones is 1. The highest BCUT2D eigenvalue weighted by molar-refractivity contribution is 6.11. The number of nitrogens with one attached hydrogen (secondary N) is 1. The Morgan fingerprint density at radius 1 is 1.23 bits per heavy atom. The van der Waals surface area contributed by atoms with Gasteiger partial charge >= 0.3 is 6.03 Å². The average molecular weight is 426 g/mol. The van der Waals surface area contributed by atoms with Crippen molar-refractivity contribution in [2.75, 3.05) is 6.54 Å². The van der Waals surface area contributed by atoms with Gasteiger partial charge in [0.05, 0.1) is 6.54 Å². The summed E-state index contributed by atoms with van der Waals surface area (Å²) in [7, 11) is 0. The second kappa shape index (κ2) is 8.88. The SMILES string of the molecule is C=CCn1c(C)cc(C(=O)CN2C(=O)N[C@@](CCCC)(c3ccc(F)cc3)C2=O)c1C. The summed E-state index contributed by atoms with van der Waals surface area (Å²) < 4.78 is 15.4. The molecule has 1 aromatic heterocycles. The molecule has 1 saturated heterocycles. The normalized spacial score (nSPS) is 18.4. The molecule has 164 valence electrons. The second-order valence-electron chi connectivity index (χ2n) is 7.94. The van der Waals surface area contributed by atoms with Crippen molar-refractivity contribution in [3.8, 4) is 0 Å². The van der Waals surface area contributed by atoms with Gasteiger partial charge in [0.15, 0.2) is 5.78 Å². The molecule has 1 aromatic carbocycles. The summed E-state index contributed by atoms with van der Waals surface area (Å²) in [4.78, 5) is 40.2. The van der Waals surface area contributed by atoms with Crippen LogP contribution in [0.5, 0.6) is 0 Å². The van der Waals surface area contributed by atoms with E-state index in [0.717, 1.165) is 22.7 Å². The predicted octanol–water partition coefficient (Wildman–Crippen LogP) is 4.25. The number of hydrogen-bond acceptors (Lipinski definition) is 3. The van der Waals surface area contributed by atoms with Crippen LogP contribution in [0, 0.1) is 19.7 Å². The van der Waals surface area contributed by atoms with Crippen molar-refractivity contribution in [2.45, 2.75) is 52.1 Å². The summed E-state index contributed by atoms with van der Waals surface area (Å²) in [6.07, 6.45) is 3.63. The van der Waals surface area contributed by atoms with Gasteiger partial charge in [-0.1, -0.05) is 38.0 Å². The molecular formula is C24H28FN3O3. The van der Waals surface area contributed by atoms with Crippen LogP contribution in [0.2, 0.25) is 0 Å². The van der Waals surface area contributed by atoms with Crippen molar-refractivity contribution < 1.29 is 18.8 Å². The van der Waals surface area contributed by atoms with E-state index in [2.05, 4.69) is 11.9 Å². The van der Waals surface area contributed by atoms with Gasteiger partial charge in [0.25, 0.3) is 5.91 Å². The van der Waals surface area contributed by atoms with Crippen molar-refractivity contribution in [3.63, 3.8) is 0 Å². The maximum absolute atomic E-state index is 13.5. The molecule has 0 spiro atoms. The van der Waals surface area contributed by atoms with E-state index < -0.39 is 23.3 Å². The van der Waals surface area contributed by atoms with Crippen LogP contribution < -0.4 is 5.32 Å². The molecule has 31 heavy (non-hydrogen) atoms. The van der Waals surface area contributed by atoms with Gasteiger partial charge in [0.1, 0.15) is 11.4 Å². The van der Waals surface area contributed by atoms with Gasteiger partial charge < -0.3 is 9.88 Å². The van der Waals surface area contributed by atoms with E-state index in [4.69, 9.17) is 0 Å². The van der Waals surface area contributed by atoms with Crippen LogP contribution in [0.25, 0.3) is 0 Å². The zero-order chi connectivity index (χ0) is 22.8. The topological polar surface area (TPSA) is 71.4 Å². The highest BCUT2D eigenvalue weighted by Crippen LogP contribution is 2.34. The molecule has 1 N–H and O–H groups in total. The number of unbranched alkanes of at least 4 members (excludes halogenated alkanes) is 1. The van der Waals surface area contributed by atoms with Crippen molar-refractivity contribution >= 4 is 17.7 Å². The van der Waals surface area contributed by atoms with E-state index in [1.807, 2.05) is 25.3 Å². The third-order valence-electron chi connectivity index (χ3n) is 5.91. The van der Waals surface area contributed by atoms with E-state index in [-0.39, 0.29) is 12.3 Å². The number of Topliss-reactive ketones (excluding diaryl/α,β-unsaturated/α-hetero) is 1. The first-order valence-corrected chi connectivity index (χ1v) is 10.5. The lowest BCUT2D eigenvalue weighted by Gasteiger charge is -2.27. The van der Waals surface area contributed by atoms with Crippen molar-refractivity contribution in [1.82, 2.24) is 14.8 Å². The van der Waals surface area contributed by atoms with Crippen molar-refractivity contribution in [2.24, 2.45) is 0 Å². The number of nitrogens with zero attached hydrogens (tertiary/aromatic N) is 2. The monoisotopic (exact) mass is 425 g/mol. The lowest BCUT2D eigenvalue weighted by Crippen LogP contribution is -2.44. The third kappa shape index (κ3) is 4.04. The van der Waals surface area contributed by atoms with Crippen LogP contribution in [0.15, 0.2) is 43.0 Å². The van der Waals surface area contributed by atoms with Crippen LogP contribution in [-0.2, 0) is 16.9 Å². The van der Waals surface area contributed by atoms with Crippen molar-refractivity contribution in [1.29, 1.82) is 0 Å². The number of rotatable bonds is 9.